The third-order valence-corrected chi connectivity index (χ3v) is 5.52. The van der Waals surface area contributed by atoms with Crippen molar-refractivity contribution in [2.75, 3.05) is 28.4 Å². The maximum absolute atomic E-state index is 12.7. The molecule has 0 amide bonds. The van der Waals surface area contributed by atoms with E-state index < -0.39 is 0 Å². The number of rotatable bonds is 5. The first-order chi connectivity index (χ1) is 12.7. The van der Waals surface area contributed by atoms with Crippen LogP contribution in [0.1, 0.15) is 43.6 Å². The van der Waals surface area contributed by atoms with Gasteiger partial charge in [0.2, 0.25) is 5.75 Å². The van der Waals surface area contributed by atoms with E-state index in [9.17, 15) is 4.79 Å². The summed E-state index contributed by atoms with van der Waals surface area (Å²) in [5, 5.41) is 1.32. The normalized spacial score (nSPS) is 17.3. The summed E-state index contributed by atoms with van der Waals surface area (Å²) in [6.07, 6.45) is -0.119. The second-order valence-corrected chi connectivity index (χ2v) is 7.22. The molecule has 0 aliphatic carbocycles. The summed E-state index contributed by atoms with van der Waals surface area (Å²) in [5.74, 6) is 2.47. The number of hydrogen-bond donors (Lipinski definition) is 0. The molecular formula is C21H26O6. The third-order valence-electron chi connectivity index (χ3n) is 5.52. The summed E-state index contributed by atoms with van der Waals surface area (Å²) >= 11 is 0. The maximum Gasteiger partial charge on any atom is 0.204 e. The first-order valence-electron chi connectivity index (χ1n) is 8.79. The second-order valence-electron chi connectivity index (χ2n) is 7.22. The van der Waals surface area contributed by atoms with Crippen molar-refractivity contribution in [1.82, 2.24) is 0 Å². The molecule has 0 spiro atoms. The highest BCUT2D eigenvalue weighted by molar-refractivity contribution is 6.15. The predicted molar refractivity (Wildman–Crippen MR) is 103 cm³/mol. The van der Waals surface area contributed by atoms with Gasteiger partial charge in [-0.15, -0.1) is 0 Å². The number of ether oxygens (including phenoxy) is 5. The van der Waals surface area contributed by atoms with Gasteiger partial charge in [-0.2, -0.15) is 0 Å². The molecule has 0 N–H and O–H groups in total. The topological polar surface area (TPSA) is 63.2 Å². The second kappa shape index (κ2) is 6.51. The number of benzene rings is 2. The summed E-state index contributed by atoms with van der Waals surface area (Å²) in [6.45, 7) is 7.68. The van der Waals surface area contributed by atoms with E-state index in [0.717, 1.165) is 5.56 Å². The lowest BCUT2D eigenvalue weighted by Gasteiger charge is -2.25. The number of methoxy groups -OCH3 is 4. The van der Waals surface area contributed by atoms with E-state index in [1.807, 2.05) is 6.92 Å². The molecule has 0 aromatic heterocycles. The Hall–Kier alpha value is -2.63. The van der Waals surface area contributed by atoms with Crippen LogP contribution in [-0.2, 0) is 5.41 Å². The number of Topliss-reactive ketones (excluding diaryl/α,β-unsaturated/α-hetero) is 1. The van der Waals surface area contributed by atoms with Gasteiger partial charge in [0.05, 0.1) is 39.4 Å². The van der Waals surface area contributed by atoms with Crippen molar-refractivity contribution >= 4 is 16.6 Å². The van der Waals surface area contributed by atoms with Gasteiger partial charge in [0.25, 0.3) is 0 Å². The Labute approximate surface area is 159 Å². The first-order valence-corrected chi connectivity index (χ1v) is 8.79. The molecule has 0 fully saturated rings. The molecule has 27 heavy (non-hydrogen) atoms. The van der Waals surface area contributed by atoms with Crippen molar-refractivity contribution in [2.24, 2.45) is 0 Å². The molecule has 1 heterocycles. The molecular weight excluding hydrogens is 348 g/mol. The van der Waals surface area contributed by atoms with Crippen molar-refractivity contribution in [3.05, 3.63) is 17.2 Å². The van der Waals surface area contributed by atoms with Crippen molar-refractivity contribution in [3.63, 3.8) is 0 Å². The van der Waals surface area contributed by atoms with Crippen LogP contribution < -0.4 is 23.7 Å². The van der Waals surface area contributed by atoms with E-state index >= 15 is 0 Å². The fraction of sp³-hybridized carbons (Fsp3) is 0.476. The highest BCUT2D eigenvalue weighted by Gasteiger charge is 2.45. The van der Waals surface area contributed by atoms with Crippen LogP contribution in [0.3, 0.4) is 0 Å². The van der Waals surface area contributed by atoms with Crippen molar-refractivity contribution in [1.29, 1.82) is 0 Å². The minimum atomic E-state index is -0.350. The van der Waals surface area contributed by atoms with E-state index in [0.29, 0.717) is 45.1 Å². The quantitative estimate of drug-likeness (QED) is 0.733. The summed E-state index contributed by atoms with van der Waals surface area (Å²) in [7, 11) is 6.26. The lowest BCUT2D eigenvalue weighted by molar-refractivity contribution is 0.101. The Morgan fingerprint density at radius 1 is 1.00 bits per heavy atom. The van der Waals surface area contributed by atoms with Crippen LogP contribution >= 0.6 is 0 Å². The summed E-state index contributed by atoms with van der Waals surface area (Å²) < 4.78 is 28.7. The molecule has 2 aromatic carbocycles. The lowest BCUT2D eigenvalue weighted by atomic mass is 9.79. The molecule has 0 saturated carbocycles. The highest BCUT2D eigenvalue weighted by Crippen LogP contribution is 2.57. The van der Waals surface area contributed by atoms with Crippen molar-refractivity contribution in [3.8, 4) is 28.7 Å². The maximum atomic E-state index is 12.7. The fourth-order valence-electron chi connectivity index (χ4n) is 3.84. The molecule has 2 aromatic rings. The molecule has 1 aliphatic rings. The largest absolute Gasteiger partial charge is 0.496 e. The zero-order valence-corrected chi connectivity index (χ0v) is 17.1. The minimum absolute atomic E-state index is 0.0990. The molecule has 0 radical (unpaired) electrons. The molecule has 6 nitrogen and oxygen atoms in total. The van der Waals surface area contributed by atoms with Crippen LogP contribution in [0, 0.1) is 0 Å². The standard InChI is InChI=1S/C21H26O6/c1-10(22)14-12-9-13(23-5)17(24-6)20(26-8)15(12)18(25-7)16-19(14)27-11(2)21(16,3)4/h9,11H,1-8H3. The molecule has 1 atom stereocenters. The molecule has 1 unspecified atom stereocenters. The smallest absolute Gasteiger partial charge is 0.204 e. The zero-order chi connectivity index (χ0) is 20.1. The van der Waals surface area contributed by atoms with E-state index in [1.54, 1.807) is 34.5 Å². The molecule has 0 saturated heterocycles. The van der Waals surface area contributed by atoms with Crippen LogP contribution in [0.4, 0.5) is 0 Å². The predicted octanol–water partition coefficient (Wildman–Crippen LogP) is 4.14. The zero-order valence-electron chi connectivity index (χ0n) is 17.1. The molecule has 6 heteroatoms. The average Bonchev–Trinajstić information content (AvgIpc) is 2.86. The number of fused-ring (bicyclic) bond motifs is 2. The summed E-state index contributed by atoms with van der Waals surface area (Å²) in [6, 6.07) is 1.77. The van der Waals surface area contributed by atoms with E-state index in [4.69, 9.17) is 23.7 Å². The van der Waals surface area contributed by atoms with Crippen LogP contribution in [0.5, 0.6) is 28.7 Å². The van der Waals surface area contributed by atoms with Gasteiger partial charge in [-0.1, -0.05) is 13.8 Å². The molecule has 3 rings (SSSR count). The number of ketones is 1. The lowest BCUT2D eigenvalue weighted by Crippen LogP contribution is -2.29. The van der Waals surface area contributed by atoms with Gasteiger partial charge in [-0.05, 0) is 19.9 Å². The van der Waals surface area contributed by atoms with Crippen LogP contribution in [0.2, 0.25) is 0 Å². The molecule has 0 bridgehead atoms. The Balaban J connectivity index is 2.65. The van der Waals surface area contributed by atoms with Crippen molar-refractivity contribution < 1.29 is 28.5 Å². The summed E-state index contributed by atoms with van der Waals surface area (Å²) in [5.41, 5.74) is 1.01. The van der Waals surface area contributed by atoms with E-state index in [1.165, 1.54) is 6.92 Å². The SMILES string of the molecule is COc1cc2c(C(C)=O)c3c(c(OC)c2c(OC)c1OC)C(C)(C)C(C)O3. The Kier molecular flexibility index (Phi) is 4.62. The Bertz CT molecular complexity index is 929. The minimum Gasteiger partial charge on any atom is -0.496 e. The van der Waals surface area contributed by atoms with Gasteiger partial charge >= 0.3 is 0 Å². The third kappa shape index (κ3) is 2.50. The molecule has 1 aliphatic heterocycles. The summed E-state index contributed by atoms with van der Waals surface area (Å²) in [4.78, 5) is 12.7. The number of carbonyl (C=O) groups excluding carboxylic acids is 1. The van der Waals surface area contributed by atoms with Gasteiger partial charge in [-0.3, -0.25) is 4.79 Å². The average molecular weight is 374 g/mol. The Morgan fingerprint density at radius 2 is 1.59 bits per heavy atom. The van der Waals surface area contributed by atoms with Gasteiger partial charge in [0.15, 0.2) is 17.3 Å². The van der Waals surface area contributed by atoms with E-state index in [2.05, 4.69) is 13.8 Å². The van der Waals surface area contributed by atoms with Crippen molar-refractivity contribution in [2.45, 2.75) is 39.2 Å². The van der Waals surface area contributed by atoms with Gasteiger partial charge in [-0.25, -0.2) is 0 Å². The van der Waals surface area contributed by atoms with Gasteiger partial charge < -0.3 is 23.7 Å². The van der Waals surface area contributed by atoms with Crippen LogP contribution in [-0.4, -0.2) is 40.3 Å². The monoisotopic (exact) mass is 374 g/mol. The number of carbonyl (C=O) groups is 1. The first kappa shape index (κ1) is 19.1. The highest BCUT2D eigenvalue weighted by atomic mass is 16.5. The number of hydrogen-bond acceptors (Lipinski definition) is 6. The fourth-order valence-corrected chi connectivity index (χ4v) is 3.84. The van der Waals surface area contributed by atoms with Gasteiger partial charge in [0.1, 0.15) is 17.6 Å². The molecule has 146 valence electrons. The van der Waals surface area contributed by atoms with E-state index in [-0.39, 0.29) is 17.3 Å². The van der Waals surface area contributed by atoms with Crippen LogP contribution in [0.25, 0.3) is 10.8 Å². The van der Waals surface area contributed by atoms with Gasteiger partial charge in [0, 0.05) is 16.4 Å². The Morgan fingerprint density at radius 3 is 2.07 bits per heavy atom. The van der Waals surface area contributed by atoms with Crippen LogP contribution in [0.15, 0.2) is 6.07 Å².